The molecule has 2 atom stereocenters. The third-order valence-electron chi connectivity index (χ3n) is 4.67. The highest BCUT2D eigenvalue weighted by atomic mass is 32.2. The molecule has 0 heterocycles. The Morgan fingerprint density at radius 3 is 1.96 bits per heavy atom. The van der Waals surface area contributed by atoms with Crippen molar-refractivity contribution in [2.45, 2.75) is 108 Å². The maximum atomic E-state index is 11.6. The lowest BCUT2D eigenvalue weighted by atomic mass is 10.0. The van der Waals surface area contributed by atoms with Crippen LogP contribution in [0.3, 0.4) is 0 Å². The third-order valence-corrected chi connectivity index (χ3v) is 5.98. The van der Waals surface area contributed by atoms with Gasteiger partial charge in [-0.2, -0.15) is 14.3 Å². The summed E-state index contributed by atoms with van der Waals surface area (Å²) in [7, 11) is -4.25. The Morgan fingerprint density at radius 1 is 0.923 bits per heavy atom. The van der Waals surface area contributed by atoms with Gasteiger partial charge in [-0.25, -0.2) is 0 Å². The molecule has 0 fully saturated rings. The third kappa shape index (κ3) is 13.5. The highest BCUT2D eigenvalue weighted by Gasteiger charge is 2.29. The van der Waals surface area contributed by atoms with Crippen LogP contribution < -0.4 is 5.90 Å². The summed E-state index contributed by atoms with van der Waals surface area (Å²) < 4.78 is 32.5. The van der Waals surface area contributed by atoms with Gasteiger partial charge >= 0.3 is 5.97 Å². The Bertz CT molecular complexity index is 455. The van der Waals surface area contributed by atoms with E-state index in [2.05, 4.69) is 11.8 Å². The molecular weight excluding hydrogens is 358 g/mol. The average Bonchev–Trinajstić information content (AvgIpc) is 2.58. The Labute approximate surface area is 158 Å². The SMILES string of the molecule is CCCCCCCCC(O)C(CCCCCCCC(=O)ON)S(=O)(=O)O. The van der Waals surface area contributed by atoms with E-state index in [-0.39, 0.29) is 12.8 Å². The smallest absolute Gasteiger partial charge is 0.324 e. The zero-order valence-corrected chi connectivity index (χ0v) is 16.9. The molecule has 26 heavy (non-hydrogen) atoms. The first-order chi connectivity index (χ1) is 12.3. The lowest BCUT2D eigenvalue weighted by Crippen LogP contribution is -2.33. The Hall–Kier alpha value is -0.700. The number of hydrogen-bond donors (Lipinski definition) is 3. The fourth-order valence-electron chi connectivity index (χ4n) is 3.06. The van der Waals surface area contributed by atoms with Gasteiger partial charge in [-0.05, 0) is 19.3 Å². The molecule has 0 spiro atoms. The van der Waals surface area contributed by atoms with Crippen molar-refractivity contribution in [1.29, 1.82) is 0 Å². The number of nitrogens with two attached hydrogens (primary N) is 1. The summed E-state index contributed by atoms with van der Waals surface area (Å²) in [4.78, 5) is 14.9. The molecule has 8 heteroatoms. The van der Waals surface area contributed by atoms with Crippen molar-refractivity contribution in [3.63, 3.8) is 0 Å². The van der Waals surface area contributed by atoms with E-state index >= 15 is 0 Å². The van der Waals surface area contributed by atoms with Crippen LogP contribution in [0.5, 0.6) is 0 Å². The minimum Gasteiger partial charge on any atom is -0.392 e. The number of carbonyl (C=O) groups is 1. The molecule has 0 bridgehead atoms. The van der Waals surface area contributed by atoms with Gasteiger partial charge in [0.2, 0.25) is 0 Å². The summed E-state index contributed by atoms with van der Waals surface area (Å²) in [5, 5.41) is 9.07. The van der Waals surface area contributed by atoms with E-state index in [0.29, 0.717) is 19.3 Å². The van der Waals surface area contributed by atoms with Crippen LogP contribution in [-0.4, -0.2) is 35.4 Å². The summed E-state index contributed by atoms with van der Waals surface area (Å²) in [6, 6.07) is 0. The van der Waals surface area contributed by atoms with Crippen LogP contribution in [0, 0.1) is 0 Å². The Kier molecular flexibility index (Phi) is 15.0. The molecule has 0 radical (unpaired) electrons. The van der Waals surface area contributed by atoms with Gasteiger partial charge in [-0.1, -0.05) is 71.1 Å². The topological polar surface area (TPSA) is 127 Å². The monoisotopic (exact) mass is 395 g/mol. The van der Waals surface area contributed by atoms with Crippen molar-refractivity contribution in [2.24, 2.45) is 5.90 Å². The van der Waals surface area contributed by atoms with E-state index in [0.717, 1.165) is 44.9 Å². The zero-order chi connectivity index (χ0) is 19.8. The standard InChI is InChI=1S/C18H37NO6S/c1-2-3-4-5-7-10-13-16(20)17(26(22,23)24)14-11-8-6-9-12-15-18(21)25-19/h16-17,20H,2-15,19H2,1H3,(H,22,23,24). The Balaban J connectivity index is 4.00. The van der Waals surface area contributed by atoms with Crippen molar-refractivity contribution >= 4 is 16.1 Å². The minimum atomic E-state index is -4.25. The maximum absolute atomic E-state index is 11.6. The van der Waals surface area contributed by atoms with Crippen LogP contribution in [0.2, 0.25) is 0 Å². The molecular formula is C18H37NO6S. The van der Waals surface area contributed by atoms with Crippen LogP contribution in [0.1, 0.15) is 96.8 Å². The second kappa shape index (κ2) is 15.4. The molecule has 0 aromatic carbocycles. The van der Waals surface area contributed by atoms with Crippen molar-refractivity contribution in [2.75, 3.05) is 0 Å². The molecule has 0 rings (SSSR count). The van der Waals surface area contributed by atoms with E-state index in [4.69, 9.17) is 5.90 Å². The van der Waals surface area contributed by atoms with Gasteiger partial charge in [0.25, 0.3) is 10.1 Å². The number of aliphatic hydroxyl groups is 1. The number of unbranched alkanes of at least 4 members (excludes halogenated alkanes) is 9. The van der Waals surface area contributed by atoms with Crippen molar-refractivity contribution in [1.82, 2.24) is 0 Å². The molecule has 0 amide bonds. The van der Waals surface area contributed by atoms with E-state index in [9.17, 15) is 22.9 Å². The first kappa shape index (κ1) is 25.3. The molecule has 156 valence electrons. The van der Waals surface area contributed by atoms with E-state index in [1.165, 1.54) is 12.8 Å². The second-order valence-corrected chi connectivity index (χ2v) is 8.61. The lowest BCUT2D eigenvalue weighted by Gasteiger charge is -2.20. The zero-order valence-electron chi connectivity index (χ0n) is 16.1. The van der Waals surface area contributed by atoms with Crippen LogP contribution in [0.25, 0.3) is 0 Å². The van der Waals surface area contributed by atoms with Crippen LogP contribution >= 0.6 is 0 Å². The largest absolute Gasteiger partial charge is 0.392 e. The molecule has 2 unspecified atom stereocenters. The molecule has 0 saturated heterocycles. The average molecular weight is 396 g/mol. The molecule has 0 saturated carbocycles. The maximum Gasteiger partial charge on any atom is 0.324 e. The number of rotatable bonds is 17. The van der Waals surface area contributed by atoms with Gasteiger partial charge in [0.15, 0.2) is 0 Å². The first-order valence-electron chi connectivity index (χ1n) is 9.86. The Morgan fingerprint density at radius 2 is 1.42 bits per heavy atom. The minimum absolute atomic E-state index is 0.251. The van der Waals surface area contributed by atoms with E-state index in [1.807, 2.05) is 0 Å². The van der Waals surface area contributed by atoms with Gasteiger partial charge in [0.1, 0.15) is 5.25 Å². The lowest BCUT2D eigenvalue weighted by molar-refractivity contribution is -0.144. The van der Waals surface area contributed by atoms with Gasteiger partial charge in [0.05, 0.1) is 6.10 Å². The van der Waals surface area contributed by atoms with Gasteiger partial charge in [0, 0.05) is 6.42 Å². The van der Waals surface area contributed by atoms with Gasteiger partial charge in [-0.15, -0.1) is 0 Å². The van der Waals surface area contributed by atoms with Crippen LogP contribution in [-0.2, 0) is 19.8 Å². The fourth-order valence-corrected chi connectivity index (χ4v) is 4.06. The van der Waals surface area contributed by atoms with E-state index in [1.54, 1.807) is 0 Å². The molecule has 0 aromatic heterocycles. The fraction of sp³-hybridized carbons (Fsp3) is 0.944. The molecule has 7 nitrogen and oxygen atoms in total. The normalized spacial score (nSPS) is 14.2. The van der Waals surface area contributed by atoms with Crippen molar-refractivity contribution < 1.29 is 27.7 Å². The second-order valence-electron chi connectivity index (χ2n) is 6.97. The van der Waals surface area contributed by atoms with Crippen LogP contribution in [0.4, 0.5) is 0 Å². The van der Waals surface area contributed by atoms with E-state index < -0.39 is 27.4 Å². The highest BCUT2D eigenvalue weighted by Crippen LogP contribution is 2.20. The molecule has 0 aliphatic rings. The van der Waals surface area contributed by atoms with Crippen molar-refractivity contribution in [3.05, 3.63) is 0 Å². The van der Waals surface area contributed by atoms with Gasteiger partial charge < -0.3 is 9.94 Å². The predicted molar refractivity (Wildman–Crippen MR) is 102 cm³/mol. The molecule has 0 aromatic rings. The number of aliphatic hydroxyl groups excluding tert-OH is 1. The molecule has 4 N–H and O–H groups in total. The summed E-state index contributed by atoms with van der Waals surface area (Å²) in [5.74, 6) is 4.31. The quantitative estimate of drug-likeness (QED) is 0.195. The summed E-state index contributed by atoms with van der Waals surface area (Å²) in [6.45, 7) is 2.15. The van der Waals surface area contributed by atoms with Gasteiger partial charge in [-0.3, -0.25) is 9.35 Å². The summed E-state index contributed by atoms with van der Waals surface area (Å²) >= 11 is 0. The number of hydrogen-bond acceptors (Lipinski definition) is 6. The molecule has 0 aliphatic carbocycles. The van der Waals surface area contributed by atoms with Crippen LogP contribution in [0.15, 0.2) is 0 Å². The van der Waals surface area contributed by atoms with Crippen molar-refractivity contribution in [3.8, 4) is 0 Å². The molecule has 0 aliphatic heterocycles. The summed E-state index contributed by atoms with van der Waals surface area (Å²) in [5.41, 5.74) is 0. The highest BCUT2D eigenvalue weighted by molar-refractivity contribution is 7.86. The predicted octanol–water partition coefficient (Wildman–Crippen LogP) is 3.50. The summed E-state index contributed by atoms with van der Waals surface area (Å²) in [6.07, 6.45) is 10.0. The number of carbonyl (C=O) groups excluding carboxylic acids is 1. The first-order valence-corrected chi connectivity index (χ1v) is 11.4.